The van der Waals surface area contributed by atoms with Crippen molar-refractivity contribution < 1.29 is 18.0 Å². The Balaban J connectivity index is 1.58. The van der Waals surface area contributed by atoms with E-state index in [1.165, 1.54) is 24.7 Å². The molecule has 0 aliphatic rings. The zero-order valence-electron chi connectivity index (χ0n) is 13.8. The lowest BCUT2D eigenvalue weighted by Gasteiger charge is -2.04. The van der Waals surface area contributed by atoms with Gasteiger partial charge in [0.25, 0.3) is 5.91 Å². The minimum Gasteiger partial charge on any atom is -0.443 e. The Morgan fingerprint density at radius 2 is 2.04 bits per heavy atom. The number of aryl methyl sites for hydroxylation is 1. The van der Waals surface area contributed by atoms with Gasteiger partial charge in [-0.25, -0.2) is 18.7 Å². The molecule has 3 heterocycles. The van der Waals surface area contributed by atoms with Crippen LogP contribution in [0.25, 0.3) is 22.3 Å². The number of amides is 1. The fraction of sp³-hybridized carbons (Fsp3) is 0.0588. The number of rotatable bonds is 4. The largest absolute Gasteiger partial charge is 0.443 e. The van der Waals surface area contributed by atoms with Crippen LogP contribution in [0, 0.1) is 11.6 Å². The van der Waals surface area contributed by atoms with Gasteiger partial charge in [-0.15, -0.1) is 0 Å². The summed E-state index contributed by atoms with van der Waals surface area (Å²) in [6.07, 6.45) is 4.37. The molecule has 0 aliphatic heterocycles. The number of oxazole rings is 1. The highest BCUT2D eigenvalue weighted by atomic mass is 32.1. The van der Waals surface area contributed by atoms with E-state index in [-0.39, 0.29) is 0 Å². The Hall–Kier alpha value is -3.40. The highest BCUT2D eigenvalue weighted by Gasteiger charge is 2.19. The van der Waals surface area contributed by atoms with Crippen LogP contribution >= 0.6 is 11.3 Å². The second-order valence-electron chi connectivity index (χ2n) is 5.46. The number of benzene rings is 1. The summed E-state index contributed by atoms with van der Waals surface area (Å²) in [6.45, 7) is 0. The van der Waals surface area contributed by atoms with Gasteiger partial charge in [0.2, 0.25) is 5.89 Å². The van der Waals surface area contributed by atoms with Crippen LogP contribution in [0.5, 0.6) is 0 Å². The molecule has 0 aliphatic carbocycles. The number of nitrogens with one attached hydrogen (secondary N) is 1. The van der Waals surface area contributed by atoms with Gasteiger partial charge in [0.05, 0.1) is 18.1 Å². The molecular weight excluding hydrogens is 376 g/mol. The predicted molar refractivity (Wildman–Crippen MR) is 94.1 cm³/mol. The summed E-state index contributed by atoms with van der Waals surface area (Å²) in [6, 6.07) is 4.98. The van der Waals surface area contributed by atoms with E-state index in [0.717, 1.165) is 23.5 Å². The maximum Gasteiger partial charge on any atom is 0.262 e. The molecule has 3 aromatic heterocycles. The van der Waals surface area contributed by atoms with Crippen molar-refractivity contribution in [3.63, 3.8) is 0 Å². The quantitative estimate of drug-likeness (QED) is 0.577. The van der Waals surface area contributed by atoms with Crippen LogP contribution in [0.2, 0.25) is 0 Å². The van der Waals surface area contributed by atoms with Gasteiger partial charge in [-0.2, -0.15) is 5.10 Å². The molecule has 136 valence electrons. The van der Waals surface area contributed by atoms with Crippen LogP contribution in [-0.4, -0.2) is 25.7 Å². The minimum absolute atomic E-state index is 0.344. The molecule has 0 fully saturated rings. The van der Waals surface area contributed by atoms with E-state index >= 15 is 0 Å². The first-order chi connectivity index (χ1) is 13.0. The van der Waals surface area contributed by atoms with Crippen molar-refractivity contribution in [2.45, 2.75) is 0 Å². The highest BCUT2D eigenvalue weighted by molar-refractivity contribution is 7.19. The van der Waals surface area contributed by atoms with E-state index in [9.17, 15) is 13.6 Å². The molecular formula is C17H11F2N5O2S. The second kappa shape index (κ2) is 6.72. The Labute approximate surface area is 155 Å². The van der Waals surface area contributed by atoms with E-state index in [1.807, 2.05) is 0 Å². The van der Waals surface area contributed by atoms with Crippen molar-refractivity contribution in [2.24, 2.45) is 7.05 Å². The Morgan fingerprint density at radius 1 is 1.26 bits per heavy atom. The molecule has 7 nitrogen and oxygen atoms in total. The van der Waals surface area contributed by atoms with Gasteiger partial charge < -0.3 is 9.73 Å². The molecule has 0 radical (unpaired) electrons. The maximum atomic E-state index is 13.7. The molecule has 0 unspecified atom stereocenters. The van der Waals surface area contributed by atoms with Gasteiger partial charge in [0, 0.05) is 7.05 Å². The third kappa shape index (κ3) is 3.22. The molecule has 1 amide bonds. The zero-order valence-corrected chi connectivity index (χ0v) is 14.6. The van der Waals surface area contributed by atoms with Crippen LogP contribution in [0.3, 0.4) is 0 Å². The number of thiazole rings is 1. The number of aromatic nitrogens is 4. The van der Waals surface area contributed by atoms with E-state index in [4.69, 9.17) is 4.42 Å². The van der Waals surface area contributed by atoms with Crippen molar-refractivity contribution in [3.05, 3.63) is 60.1 Å². The van der Waals surface area contributed by atoms with Crippen LogP contribution in [0.1, 0.15) is 10.4 Å². The van der Waals surface area contributed by atoms with Gasteiger partial charge in [-0.3, -0.25) is 9.48 Å². The fourth-order valence-corrected chi connectivity index (χ4v) is 3.32. The first-order valence-electron chi connectivity index (χ1n) is 7.68. The van der Waals surface area contributed by atoms with Crippen molar-refractivity contribution in [1.29, 1.82) is 0 Å². The number of anilines is 1. The Morgan fingerprint density at radius 3 is 2.74 bits per heavy atom. The maximum absolute atomic E-state index is 13.7. The number of hydrogen-bond acceptors (Lipinski definition) is 6. The smallest absolute Gasteiger partial charge is 0.262 e. The van der Waals surface area contributed by atoms with Crippen molar-refractivity contribution in [1.82, 2.24) is 19.7 Å². The molecule has 1 aromatic carbocycles. The molecule has 1 N–H and O–H groups in total. The summed E-state index contributed by atoms with van der Waals surface area (Å²) in [7, 11) is 1.73. The molecule has 27 heavy (non-hydrogen) atoms. The van der Waals surface area contributed by atoms with E-state index in [2.05, 4.69) is 20.4 Å². The van der Waals surface area contributed by atoms with Crippen molar-refractivity contribution in [2.75, 3.05) is 5.32 Å². The molecule has 4 aromatic rings. The van der Waals surface area contributed by atoms with Gasteiger partial charge in [0.15, 0.2) is 0 Å². The molecule has 0 spiro atoms. The second-order valence-corrected chi connectivity index (χ2v) is 6.49. The van der Waals surface area contributed by atoms with E-state index in [1.54, 1.807) is 17.8 Å². The summed E-state index contributed by atoms with van der Waals surface area (Å²) in [5.41, 5.74) is 0.566. The summed E-state index contributed by atoms with van der Waals surface area (Å²) < 4.78 is 34.3. The van der Waals surface area contributed by atoms with Crippen molar-refractivity contribution in [3.8, 4) is 22.3 Å². The molecule has 4 rings (SSSR count). The number of carbonyl (C=O) groups is 1. The molecule has 0 bridgehead atoms. The minimum atomic E-state index is -0.931. The average Bonchev–Trinajstić information content (AvgIpc) is 3.35. The normalized spacial score (nSPS) is 10.9. The van der Waals surface area contributed by atoms with Crippen LogP contribution in [-0.2, 0) is 7.05 Å². The molecule has 10 heteroatoms. The lowest BCUT2D eigenvalue weighted by molar-refractivity contribution is 0.101. The monoisotopic (exact) mass is 387 g/mol. The average molecular weight is 387 g/mol. The lowest BCUT2D eigenvalue weighted by atomic mass is 10.2. The summed E-state index contributed by atoms with van der Waals surface area (Å²) in [5, 5.41) is 7.68. The fourth-order valence-electron chi connectivity index (χ4n) is 2.46. The zero-order chi connectivity index (χ0) is 19.0. The van der Waals surface area contributed by atoms with E-state index in [0.29, 0.717) is 27.3 Å². The highest BCUT2D eigenvalue weighted by Crippen LogP contribution is 2.31. The van der Waals surface area contributed by atoms with E-state index < -0.39 is 23.1 Å². The van der Waals surface area contributed by atoms with Crippen LogP contribution in [0.15, 0.2) is 47.3 Å². The Kier molecular flexibility index (Phi) is 4.24. The van der Waals surface area contributed by atoms with Gasteiger partial charge in [-0.05, 0) is 18.2 Å². The first kappa shape index (κ1) is 17.0. The number of hydrogen-bond donors (Lipinski definition) is 1. The summed E-state index contributed by atoms with van der Waals surface area (Å²) >= 11 is 1.15. The lowest BCUT2D eigenvalue weighted by Crippen LogP contribution is -2.15. The standard InChI is InChI=1S/C17H11F2N5O2S/c1-24-12(7-11(23-24)16-20-5-6-26-16)17-21-8-13(27-17)22-15(25)14-9(18)3-2-4-10(14)19/h2-8H,1H3,(H,22,25). The van der Waals surface area contributed by atoms with Gasteiger partial charge in [-0.1, -0.05) is 17.4 Å². The number of halogens is 2. The topological polar surface area (TPSA) is 85.8 Å². The Bertz CT molecular complexity index is 1100. The third-order valence-electron chi connectivity index (χ3n) is 3.68. The van der Waals surface area contributed by atoms with Gasteiger partial charge >= 0.3 is 0 Å². The molecule has 0 saturated carbocycles. The third-order valence-corrected chi connectivity index (χ3v) is 4.62. The van der Waals surface area contributed by atoms with Crippen LogP contribution in [0.4, 0.5) is 13.8 Å². The number of carbonyl (C=O) groups excluding carboxylic acids is 1. The summed E-state index contributed by atoms with van der Waals surface area (Å²) in [5.74, 6) is -2.37. The SMILES string of the molecule is Cn1nc(-c2ncco2)cc1-c1ncc(NC(=O)c2c(F)cccc2F)s1. The summed E-state index contributed by atoms with van der Waals surface area (Å²) in [4.78, 5) is 20.5. The van der Waals surface area contributed by atoms with Crippen LogP contribution < -0.4 is 5.32 Å². The van der Waals surface area contributed by atoms with Gasteiger partial charge in [0.1, 0.15) is 39.2 Å². The van der Waals surface area contributed by atoms with Crippen molar-refractivity contribution >= 4 is 22.2 Å². The molecule has 0 atom stereocenters. The number of nitrogens with zero attached hydrogens (tertiary/aromatic N) is 4. The predicted octanol–water partition coefficient (Wildman–Crippen LogP) is 3.73. The first-order valence-corrected chi connectivity index (χ1v) is 8.50. The molecule has 0 saturated heterocycles.